The first-order valence-corrected chi connectivity index (χ1v) is 14.1. The number of carbonyl (C=O) groups is 2. The van der Waals surface area contributed by atoms with Gasteiger partial charge in [-0.25, -0.2) is 0 Å². The molecule has 1 amide bonds. The van der Waals surface area contributed by atoms with E-state index in [9.17, 15) is 9.59 Å². The first-order chi connectivity index (χ1) is 20.4. The predicted octanol–water partition coefficient (Wildman–Crippen LogP) is 6.12. The first-order valence-electron chi connectivity index (χ1n) is 14.1. The largest absolute Gasteiger partial charge is 0.493 e. The number of nitrogens with two attached hydrogens (primary N) is 1. The molecule has 0 spiro atoms. The van der Waals surface area contributed by atoms with Gasteiger partial charge in [-0.3, -0.25) is 14.6 Å². The maximum atomic E-state index is 12.4. The molecule has 1 aromatic heterocycles. The zero-order chi connectivity index (χ0) is 29.5. The Bertz CT molecular complexity index is 1530. The minimum atomic E-state index is -0.763. The van der Waals surface area contributed by atoms with Gasteiger partial charge in [0.05, 0.1) is 19.2 Å². The van der Waals surface area contributed by atoms with E-state index in [1.807, 2.05) is 18.2 Å². The van der Waals surface area contributed by atoms with Gasteiger partial charge in [0.25, 0.3) is 5.91 Å². The lowest BCUT2D eigenvalue weighted by Gasteiger charge is -2.19. The van der Waals surface area contributed by atoms with Gasteiger partial charge in [0, 0.05) is 35.3 Å². The van der Waals surface area contributed by atoms with Crippen molar-refractivity contribution in [1.82, 2.24) is 4.98 Å². The second kappa shape index (κ2) is 13.4. The number of anilines is 1. The first kappa shape index (κ1) is 28.9. The van der Waals surface area contributed by atoms with Crippen LogP contribution in [0.25, 0.3) is 10.9 Å². The lowest BCUT2D eigenvalue weighted by atomic mass is 10.1. The molecule has 1 aliphatic carbocycles. The molecular formula is C33H35N3O6. The molecule has 0 saturated heterocycles. The van der Waals surface area contributed by atoms with E-state index >= 15 is 0 Å². The molecule has 42 heavy (non-hydrogen) atoms. The van der Waals surface area contributed by atoms with Crippen molar-refractivity contribution in [3.05, 3.63) is 84.6 Å². The van der Waals surface area contributed by atoms with E-state index in [-0.39, 0.29) is 18.6 Å². The van der Waals surface area contributed by atoms with Gasteiger partial charge in [-0.05, 0) is 73.7 Å². The summed E-state index contributed by atoms with van der Waals surface area (Å²) in [6.45, 7) is 2.31. The third-order valence-corrected chi connectivity index (χ3v) is 7.40. The van der Waals surface area contributed by atoms with Crippen molar-refractivity contribution >= 4 is 28.5 Å². The number of rotatable bonds is 11. The zero-order valence-electron chi connectivity index (χ0n) is 23.7. The number of fused-ring (bicyclic) bond motifs is 1. The highest BCUT2D eigenvalue weighted by Crippen LogP contribution is 2.37. The highest BCUT2D eigenvalue weighted by Gasteiger charge is 2.28. The fraction of sp³-hybridized carbons (Fsp3) is 0.303. The fourth-order valence-corrected chi connectivity index (χ4v) is 4.95. The SMILES string of the molecule is COc1cc2c(Oc3ccc(NC(=O)c4ccccc4)cc3)ccnc2cc1OCC[C@H](N)C(=O)OC1CCCC1C. The van der Waals surface area contributed by atoms with Crippen LogP contribution in [-0.2, 0) is 9.53 Å². The van der Waals surface area contributed by atoms with Crippen LogP contribution < -0.4 is 25.3 Å². The number of pyridine rings is 1. The molecule has 1 aliphatic rings. The van der Waals surface area contributed by atoms with Gasteiger partial charge >= 0.3 is 5.97 Å². The van der Waals surface area contributed by atoms with E-state index in [1.54, 1.807) is 67.9 Å². The van der Waals surface area contributed by atoms with Crippen molar-refractivity contribution in [2.45, 2.75) is 44.8 Å². The van der Waals surface area contributed by atoms with Crippen molar-refractivity contribution < 1.29 is 28.5 Å². The molecule has 1 fully saturated rings. The quantitative estimate of drug-likeness (QED) is 0.207. The third-order valence-electron chi connectivity index (χ3n) is 7.40. The van der Waals surface area contributed by atoms with Crippen molar-refractivity contribution in [3.63, 3.8) is 0 Å². The molecule has 3 atom stereocenters. The molecule has 4 aromatic rings. The molecule has 9 nitrogen and oxygen atoms in total. The molecular weight excluding hydrogens is 534 g/mol. The average molecular weight is 570 g/mol. The van der Waals surface area contributed by atoms with E-state index in [1.165, 1.54) is 0 Å². The maximum absolute atomic E-state index is 12.4. The summed E-state index contributed by atoms with van der Waals surface area (Å²) in [4.78, 5) is 29.3. The van der Waals surface area contributed by atoms with Crippen LogP contribution in [-0.4, -0.2) is 42.7 Å². The Hall–Kier alpha value is -4.63. The molecule has 0 bridgehead atoms. The van der Waals surface area contributed by atoms with Gasteiger partial charge in [0.1, 0.15) is 23.6 Å². The number of esters is 1. The molecule has 9 heteroatoms. The Labute approximate surface area is 244 Å². The zero-order valence-corrected chi connectivity index (χ0v) is 23.7. The molecule has 1 heterocycles. The number of hydrogen-bond acceptors (Lipinski definition) is 8. The van der Waals surface area contributed by atoms with Crippen molar-refractivity contribution in [3.8, 4) is 23.0 Å². The molecule has 1 saturated carbocycles. The number of methoxy groups -OCH3 is 1. The van der Waals surface area contributed by atoms with Gasteiger partial charge in [-0.2, -0.15) is 0 Å². The summed E-state index contributed by atoms with van der Waals surface area (Å²) >= 11 is 0. The Morgan fingerprint density at radius 1 is 1.00 bits per heavy atom. The maximum Gasteiger partial charge on any atom is 0.323 e. The van der Waals surface area contributed by atoms with Crippen LogP contribution >= 0.6 is 0 Å². The topological polar surface area (TPSA) is 122 Å². The third kappa shape index (κ3) is 6.98. The Kier molecular flexibility index (Phi) is 9.18. The minimum Gasteiger partial charge on any atom is -0.493 e. The van der Waals surface area contributed by atoms with Gasteiger partial charge < -0.3 is 30.0 Å². The molecule has 3 N–H and O–H groups in total. The Morgan fingerprint density at radius 2 is 1.79 bits per heavy atom. The summed E-state index contributed by atoms with van der Waals surface area (Å²) in [6, 6.07) is 20.7. The second-order valence-corrected chi connectivity index (χ2v) is 10.4. The van der Waals surface area contributed by atoms with E-state index in [2.05, 4.69) is 17.2 Å². The minimum absolute atomic E-state index is 0.0500. The van der Waals surface area contributed by atoms with Gasteiger partial charge in [-0.1, -0.05) is 25.1 Å². The smallest absolute Gasteiger partial charge is 0.323 e. The monoisotopic (exact) mass is 569 g/mol. The van der Waals surface area contributed by atoms with E-state index in [4.69, 9.17) is 24.7 Å². The Morgan fingerprint density at radius 3 is 2.50 bits per heavy atom. The normalized spacial score (nSPS) is 16.9. The van der Waals surface area contributed by atoms with Gasteiger partial charge in [0.15, 0.2) is 11.5 Å². The average Bonchev–Trinajstić information content (AvgIpc) is 3.41. The van der Waals surface area contributed by atoms with Gasteiger partial charge in [-0.15, -0.1) is 0 Å². The van der Waals surface area contributed by atoms with E-state index in [0.29, 0.717) is 52.1 Å². The van der Waals surface area contributed by atoms with Crippen molar-refractivity contribution in [2.24, 2.45) is 11.7 Å². The van der Waals surface area contributed by atoms with Crippen LogP contribution in [0, 0.1) is 5.92 Å². The van der Waals surface area contributed by atoms with Crippen LogP contribution in [0.2, 0.25) is 0 Å². The van der Waals surface area contributed by atoms with E-state index < -0.39 is 12.0 Å². The summed E-state index contributed by atoms with van der Waals surface area (Å²) in [5.74, 6) is 1.94. The standard InChI is InChI=1S/C33H35N3O6/c1-21-7-6-10-28(21)42-33(38)26(34)16-18-40-31-20-27-25(19-30(31)39-2)29(15-17-35-27)41-24-13-11-23(12-14-24)36-32(37)22-8-4-3-5-9-22/h3-5,8-9,11-15,17,19-21,26,28H,6-7,10,16,18,34H2,1-2H3,(H,36,37)/t21?,26-,28?/m0/s1. The fourth-order valence-electron chi connectivity index (χ4n) is 4.95. The second-order valence-electron chi connectivity index (χ2n) is 10.4. The number of benzene rings is 3. The van der Waals surface area contributed by atoms with Crippen molar-refractivity contribution in [1.29, 1.82) is 0 Å². The van der Waals surface area contributed by atoms with Gasteiger partial charge in [0.2, 0.25) is 0 Å². The number of carbonyl (C=O) groups excluding carboxylic acids is 2. The highest BCUT2D eigenvalue weighted by atomic mass is 16.5. The van der Waals surface area contributed by atoms with E-state index in [0.717, 1.165) is 24.6 Å². The Balaban J connectivity index is 1.22. The number of hydrogen-bond donors (Lipinski definition) is 2. The summed E-state index contributed by atoms with van der Waals surface area (Å²) in [5, 5.41) is 3.61. The molecule has 0 aliphatic heterocycles. The molecule has 218 valence electrons. The predicted molar refractivity (Wildman–Crippen MR) is 160 cm³/mol. The number of ether oxygens (including phenoxy) is 4. The summed E-state index contributed by atoms with van der Waals surface area (Å²) in [5.41, 5.74) is 7.96. The molecule has 3 aromatic carbocycles. The van der Waals surface area contributed by atoms with Crippen LogP contribution in [0.1, 0.15) is 43.0 Å². The van der Waals surface area contributed by atoms with Crippen LogP contribution in [0.15, 0.2) is 79.0 Å². The molecule has 0 radical (unpaired) electrons. The van der Waals surface area contributed by atoms with Crippen LogP contribution in [0.3, 0.4) is 0 Å². The lowest BCUT2D eigenvalue weighted by molar-refractivity contribution is -0.152. The summed E-state index contributed by atoms with van der Waals surface area (Å²) in [6.07, 6.45) is 4.94. The van der Waals surface area contributed by atoms with Crippen molar-refractivity contribution in [2.75, 3.05) is 19.0 Å². The highest BCUT2D eigenvalue weighted by molar-refractivity contribution is 6.04. The molecule has 2 unspecified atom stereocenters. The molecule has 5 rings (SSSR count). The van der Waals surface area contributed by atoms with Crippen LogP contribution in [0.5, 0.6) is 23.0 Å². The number of amides is 1. The number of nitrogens with zero attached hydrogens (tertiary/aromatic N) is 1. The number of aromatic nitrogens is 1. The lowest BCUT2D eigenvalue weighted by Crippen LogP contribution is -2.36. The summed E-state index contributed by atoms with van der Waals surface area (Å²) in [7, 11) is 1.55. The summed E-state index contributed by atoms with van der Waals surface area (Å²) < 4.78 is 23.3. The van der Waals surface area contributed by atoms with Crippen LogP contribution in [0.4, 0.5) is 5.69 Å². The number of nitrogens with one attached hydrogen (secondary N) is 1.